The summed E-state index contributed by atoms with van der Waals surface area (Å²) in [5.41, 5.74) is -4.58. The maximum atomic E-state index is 12.5. The van der Waals surface area contributed by atoms with Crippen LogP contribution in [-0.4, -0.2) is 32.4 Å². The molecule has 0 bridgehead atoms. The molecular formula is C13H15ClF3NO2S. The van der Waals surface area contributed by atoms with Gasteiger partial charge < -0.3 is 4.90 Å². The Morgan fingerprint density at radius 2 is 1.81 bits per heavy atom. The molecule has 0 amide bonds. The second-order valence-electron chi connectivity index (χ2n) is 5.17. The van der Waals surface area contributed by atoms with Crippen LogP contribution in [0.5, 0.6) is 0 Å². The summed E-state index contributed by atoms with van der Waals surface area (Å²) in [6, 6.07) is 4.80. The lowest BCUT2D eigenvalue weighted by atomic mass is 9.99. The quantitative estimate of drug-likeness (QED) is 0.773. The molecule has 2 rings (SSSR count). The Morgan fingerprint density at radius 1 is 1.24 bits per heavy atom. The third-order valence-electron chi connectivity index (χ3n) is 3.62. The van der Waals surface area contributed by atoms with Crippen molar-refractivity contribution in [1.82, 2.24) is 0 Å². The van der Waals surface area contributed by atoms with Crippen molar-refractivity contribution in [3.63, 3.8) is 0 Å². The van der Waals surface area contributed by atoms with Gasteiger partial charge in [0.1, 0.15) is 0 Å². The van der Waals surface area contributed by atoms with Crippen LogP contribution in [0.2, 0.25) is 0 Å². The lowest BCUT2D eigenvalue weighted by Gasteiger charge is -2.35. The highest BCUT2D eigenvalue weighted by atomic mass is 35.5. The molecule has 1 aromatic rings. The number of piperidine rings is 1. The second kappa shape index (κ2) is 5.68. The van der Waals surface area contributed by atoms with Gasteiger partial charge in [-0.2, -0.15) is 13.2 Å². The number of anilines is 1. The van der Waals surface area contributed by atoms with Gasteiger partial charge in [-0.25, -0.2) is 8.42 Å². The van der Waals surface area contributed by atoms with E-state index in [-0.39, 0.29) is 11.3 Å². The lowest BCUT2D eigenvalue weighted by Crippen LogP contribution is -2.39. The topological polar surface area (TPSA) is 37.4 Å². The molecule has 1 fully saturated rings. The van der Waals surface area contributed by atoms with Gasteiger partial charge in [0.05, 0.1) is 4.90 Å². The Hall–Kier alpha value is -0.950. The molecule has 0 spiro atoms. The van der Waals surface area contributed by atoms with Crippen molar-refractivity contribution in [3.05, 3.63) is 24.3 Å². The largest absolute Gasteiger partial charge is 0.501 e. The van der Waals surface area contributed by atoms with Crippen LogP contribution in [-0.2, 0) is 9.84 Å². The van der Waals surface area contributed by atoms with Gasteiger partial charge in [0.2, 0.25) is 0 Å². The Balaban J connectivity index is 2.21. The summed E-state index contributed by atoms with van der Waals surface area (Å²) in [5, 5.41) is 0.0890. The number of sulfone groups is 1. The van der Waals surface area contributed by atoms with Crippen LogP contribution in [0.3, 0.4) is 0 Å². The van der Waals surface area contributed by atoms with Gasteiger partial charge in [0, 0.05) is 24.2 Å². The summed E-state index contributed by atoms with van der Waals surface area (Å²) in [4.78, 5) is 1.26. The van der Waals surface area contributed by atoms with E-state index in [2.05, 4.69) is 0 Å². The average molecular weight is 342 g/mol. The van der Waals surface area contributed by atoms with Gasteiger partial charge in [-0.1, -0.05) is 6.92 Å². The smallest absolute Gasteiger partial charge is 0.371 e. The Labute approximate surface area is 126 Å². The molecule has 2 unspecified atom stereocenters. The molecule has 0 aliphatic carbocycles. The first kappa shape index (κ1) is 16.4. The van der Waals surface area contributed by atoms with Gasteiger partial charge in [-0.15, -0.1) is 11.6 Å². The molecule has 0 saturated carbocycles. The van der Waals surface area contributed by atoms with Gasteiger partial charge in [0.25, 0.3) is 9.84 Å². The number of hydrogen-bond acceptors (Lipinski definition) is 3. The zero-order valence-corrected chi connectivity index (χ0v) is 12.8. The zero-order valence-electron chi connectivity index (χ0n) is 11.3. The van der Waals surface area contributed by atoms with Crippen LogP contribution >= 0.6 is 11.6 Å². The van der Waals surface area contributed by atoms with Crippen LogP contribution in [0.15, 0.2) is 29.2 Å². The van der Waals surface area contributed by atoms with E-state index in [0.29, 0.717) is 18.8 Å². The monoisotopic (exact) mass is 341 g/mol. The first-order chi connectivity index (χ1) is 9.63. The third-order valence-corrected chi connectivity index (χ3v) is 5.77. The van der Waals surface area contributed by atoms with E-state index < -0.39 is 20.2 Å². The second-order valence-corrected chi connectivity index (χ2v) is 7.67. The van der Waals surface area contributed by atoms with Crippen LogP contribution in [0.25, 0.3) is 0 Å². The number of nitrogens with zero attached hydrogens (tertiary/aromatic N) is 1. The summed E-state index contributed by atoms with van der Waals surface area (Å²) < 4.78 is 59.9. The molecule has 0 radical (unpaired) electrons. The summed E-state index contributed by atoms with van der Waals surface area (Å²) in [7, 11) is -5.28. The summed E-state index contributed by atoms with van der Waals surface area (Å²) in [6.45, 7) is 3.40. The normalized spacial score (nSPS) is 24.1. The SMILES string of the molecule is CC1CN(c2ccc(S(=O)(=O)C(F)(F)F)cc2)CCC1Cl. The van der Waals surface area contributed by atoms with Gasteiger partial charge in [-0.05, 0) is 36.6 Å². The highest BCUT2D eigenvalue weighted by Crippen LogP contribution is 2.32. The first-order valence-electron chi connectivity index (χ1n) is 6.43. The predicted molar refractivity (Wildman–Crippen MR) is 75.3 cm³/mol. The molecule has 0 aromatic heterocycles. The van der Waals surface area contributed by atoms with Gasteiger partial charge in [-0.3, -0.25) is 0 Å². The summed E-state index contributed by atoms with van der Waals surface area (Å²) in [6.07, 6.45) is 0.783. The first-order valence-corrected chi connectivity index (χ1v) is 8.35. The molecule has 8 heteroatoms. The van der Waals surface area contributed by atoms with Crippen molar-refractivity contribution in [1.29, 1.82) is 0 Å². The Morgan fingerprint density at radius 3 is 2.29 bits per heavy atom. The van der Waals surface area contributed by atoms with Gasteiger partial charge >= 0.3 is 5.51 Å². The Bertz CT molecular complexity index is 601. The number of hydrogen-bond donors (Lipinski definition) is 0. The molecular weight excluding hydrogens is 327 g/mol. The molecule has 2 atom stereocenters. The molecule has 1 saturated heterocycles. The minimum atomic E-state index is -5.28. The minimum Gasteiger partial charge on any atom is -0.371 e. The van der Waals surface area contributed by atoms with E-state index in [1.165, 1.54) is 12.1 Å². The molecule has 1 aromatic carbocycles. The van der Waals surface area contributed by atoms with E-state index in [9.17, 15) is 21.6 Å². The van der Waals surface area contributed by atoms with Crippen molar-refractivity contribution in [2.45, 2.75) is 29.1 Å². The molecule has 21 heavy (non-hydrogen) atoms. The van der Waals surface area contributed by atoms with Crippen LogP contribution in [0.1, 0.15) is 13.3 Å². The van der Waals surface area contributed by atoms with Crippen LogP contribution < -0.4 is 4.90 Å². The van der Waals surface area contributed by atoms with E-state index in [1.807, 2.05) is 11.8 Å². The molecule has 0 N–H and O–H groups in total. The summed E-state index contributed by atoms with van der Waals surface area (Å²) in [5.74, 6) is 0.263. The maximum absolute atomic E-state index is 12.5. The van der Waals surface area contributed by atoms with Crippen LogP contribution in [0, 0.1) is 5.92 Å². The third kappa shape index (κ3) is 3.29. The summed E-state index contributed by atoms with van der Waals surface area (Å²) >= 11 is 6.12. The number of rotatable bonds is 2. The number of alkyl halides is 4. The zero-order chi connectivity index (χ0) is 15.8. The lowest BCUT2D eigenvalue weighted by molar-refractivity contribution is -0.0436. The van der Waals surface area contributed by atoms with Gasteiger partial charge in [0.15, 0.2) is 0 Å². The van der Waals surface area contributed by atoms with Crippen molar-refractivity contribution >= 4 is 27.1 Å². The maximum Gasteiger partial charge on any atom is 0.501 e. The van der Waals surface area contributed by atoms with E-state index in [1.54, 1.807) is 0 Å². The standard InChI is InChI=1S/C13H15ClF3NO2S/c1-9-8-18(7-6-12(9)14)10-2-4-11(5-3-10)21(19,20)13(15,16)17/h2-5,9,12H,6-8H2,1H3. The molecule has 118 valence electrons. The Kier molecular flexibility index (Phi) is 4.44. The van der Waals surface area contributed by atoms with E-state index in [4.69, 9.17) is 11.6 Å². The highest BCUT2D eigenvalue weighted by Gasteiger charge is 2.46. The van der Waals surface area contributed by atoms with E-state index >= 15 is 0 Å². The van der Waals surface area contributed by atoms with Crippen molar-refractivity contribution in [3.8, 4) is 0 Å². The fourth-order valence-electron chi connectivity index (χ4n) is 2.32. The highest BCUT2D eigenvalue weighted by molar-refractivity contribution is 7.92. The molecule has 3 nitrogen and oxygen atoms in total. The predicted octanol–water partition coefficient (Wildman–Crippen LogP) is 3.43. The van der Waals surface area contributed by atoms with Crippen molar-refractivity contribution in [2.75, 3.05) is 18.0 Å². The molecule has 1 aliphatic rings. The van der Waals surface area contributed by atoms with Crippen LogP contribution in [0.4, 0.5) is 18.9 Å². The fourth-order valence-corrected chi connectivity index (χ4v) is 3.26. The molecule has 1 aliphatic heterocycles. The fraction of sp³-hybridized carbons (Fsp3) is 0.538. The number of halogens is 4. The van der Waals surface area contributed by atoms with Crippen molar-refractivity contribution in [2.24, 2.45) is 5.92 Å². The van der Waals surface area contributed by atoms with Crippen molar-refractivity contribution < 1.29 is 21.6 Å². The minimum absolute atomic E-state index is 0.0890. The number of benzene rings is 1. The molecule has 1 heterocycles. The average Bonchev–Trinajstić information content (AvgIpc) is 2.41. The van der Waals surface area contributed by atoms with E-state index in [0.717, 1.165) is 18.6 Å².